The molecule has 6 rings (SSSR count). The SMILES string of the molecule is CCN1C[C@]2(COC)CC[C@H](OC)[C@]34[C@@H]5C[C@H]6[C@H](OC)[C@@H]5[C@](OC)(C[C@@H]6OC)[C@](OC)([C@H]13)[C@@H](OC)[C@H]24. The third kappa shape index (κ3) is 2.47. The lowest BCUT2D eigenvalue weighted by Crippen LogP contribution is -2.82. The van der Waals surface area contributed by atoms with Crippen LogP contribution in [-0.4, -0.2) is 116 Å². The van der Waals surface area contributed by atoms with E-state index in [0.29, 0.717) is 18.4 Å². The van der Waals surface area contributed by atoms with Gasteiger partial charge >= 0.3 is 0 Å². The number of ether oxygens (including phenoxy) is 7. The first-order chi connectivity index (χ1) is 17.4. The van der Waals surface area contributed by atoms with Gasteiger partial charge in [-0.25, -0.2) is 0 Å². The van der Waals surface area contributed by atoms with Crippen LogP contribution in [0.2, 0.25) is 0 Å². The Labute approximate surface area is 216 Å². The zero-order chi connectivity index (χ0) is 25.7. The van der Waals surface area contributed by atoms with Crippen molar-refractivity contribution in [3.05, 3.63) is 0 Å². The Hall–Kier alpha value is -0.320. The Balaban J connectivity index is 1.72. The fourth-order valence-corrected chi connectivity index (χ4v) is 12.0. The van der Waals surface area contributed by atoms with Crippen LogP contribution in [0.1, 0.15) is 32.6 Å². The second-order valence-electron chi connectivity index (χ2n) is 12.5. The molecule has 0 N–H and O–H groups in total. The molecule has 7 bridgehead atoms. The van der Waals surface area contributed by atoms with Gasteiger partial charge in [-0.3, -0.25) is 4.90 Å². The lowest BCUT2D eigenvalue weighted by atomic mass is 9.42. The molecule has 0 amide bonds. The van der Waals surface area contributed by atoms with Gasteiger partial charge < -0.3 is 33.2 Å². The van der Waals surface area contributed by atoms with Crippen LogP contribution in [0.4, 0.5) is 0 Å². The first-order valence-electron chi connectivity index (χ1n) is 13.9. The summed E-state index contributed by atoms with van der Waals surface area (Å²) in [5.74, 6) is 1.09. The molecular formula is C28H47NO7. The molecule has 0 aromatic carbocycles. The largest absolute Gasteiger partial charge is 0.384 e. The molecule has 206 valence electrons. The zero-order valence-electron chi connectivity index (χ0n) is 23.5. The maximum Gasteiger partial charge on any atom is 0.139 e. The zero-order valence-corrected chi connectivity index (χ0v) is 23.5. The van der Waals surface area contributed by atoms with Crippen molar-refractivity contribution in [3.8, 4) is 0 Å². The van der Waals surface area contributed by atoms with Crippen molar-refractivity contribution in [3.63, 3.8) is 0 Å². The van der Waals surface area contributed by atoms with E-state index in [4.69, 9.17) is 33.2 Å². The van der Waals surface area contributed by atoms with Gasteiger partial charge in [-0.05, 0) is 31.7 Å². The predicted octanol–water partition coefficient (Wildman–Crippen LogP) is 2.23. The fourth-order valence-electron chi connectivity index (χ4n) is 12.0. The molecule has 5 saturated carbocycles. The van der Waals surface area contributed by atoms with Crippen molar-refractivity contribution in [2.75, 3.05) is 69.5 Å². The minimum absolute atomic E-state index is 0.0356. The number of fused-ring (bicyclic) bond motifs is 2. The van der Waals surface area contributed by atoms with Crippen LogP contribution in [-0.2, 0) is 33.2 Å². The highest BCUT2D eigenvalue weighted by Gasteiger charge is 2.92. The van der Waals surface area contributed by atoms with Crippen molar-refractivity contribution in [1.82, 2.24) is 4.90 Å². The van der Waals surface area contributed by atoms with E-state index >= 15 is 0 Å². The predicted molar refractivity (Wildman–Crippen MR) is 133 cm³/mol. The van der Waals surface area contributed by atoms with E-state index in [1.807, 2.05) is 49.8 Å². The molecule has 0 aromatic rings. The van der Waals surface area contributed by atoms with Gasteiger partial charge in [0.15, 0.2) is 0 Å². The average Bonchev–Trinajstić information content (AvgIpc) is 3.32. The molecule has 0 aromatic heterocycles. The summed E-state index contributed by atoms with van der Waals surface area (Å²) in [5, 5.41) is 0. The molecule has 36 heavy (non-hydrogen) atoms. The third-order valence-corrected chi connectivity index (χ3v) is 12.4. The molecule has 13 atom stereocenters. The van der Waals surface area contributed by atoms with Gasteiger partial charge in [-0.1, -0.05) is 6.92 Å². The Bertz CT molecular complexity index is 860. The van der Waals surface area contributed by atoms with E-state index in [2.05, 4.69) is 11.8 Å². The summed E-state index contributed by atoms with van der Waals surface area (Å²) >= 11 is 0. The quantitative estimate of drug-likeness (QED) is 0.469. The van der Waals surface area contributed by atoms with Gasteiger partial charge in [0.1, 0.15) is 11.2 Å². The second-order valence-corrected chi connectivity index (χ2v) is 12.5. The molecule has 1 spiro atoms. The molecule has 1 heterocycles. The summed E-state index contributed by atoms with van der Waals surface area (Å²) in [6.45, 7) is 4.92. The molecule has 1 saturated heterocycles. The first-order valence-corrected chi connectivity index (χ1v) is 13.9. The molecule has 0 unspecified atom stereocenters. The number of likely N-dealkylation sites (N-methyl/N-ethyl adjacent to an activating group) is 1. The topological polar surface area (TPSA) is 67.9 Å². The molecular weight excluding hydrogens is 462 g/mol. The number of piperidine rings is 1. The van der Waals surface area contributed by atoms with Crippen molar-refractivity contribution in [2.45, 2.75) is 74.3 Å². The highest BCUT2D eigenvalue weighted by Crippen LogP contribution is 2.81. The monoisotopic (exact) mass is 509 g/mol. The standard InChI is InChI=1S/C28H47NO7/c1-9-29-14-25(15-30-2)11-10-19(32-4)27-17-12-16-18(31-3)13-26(35-7,20(17)21(16)33-5)28(36-8,24(27)29)23(34-6)22(25)27/h16-24H,9-15H2,1-8H3/t16-,17-,18+,19+,20-,21+,22-,23+,24-,25+,26-,27+,28-/m1/s1. The highest BCUT2D eigenvalue weighted by atomic mass is 16.6. The van der Waals surface area contributed by atoms with Gasteiger partial charge in [0, 0.05) is 91.3 Å². The Morgan fingerprint density at radius 1 is 0.917 bits per heavy atom. The highest BCUT2D eigenvalue weighted by molar-refractivity contribution is 5.42. The van der Waals surface area contributed by atoms with E-state index in [-0.39, 0.29) is 53.1 Å². The minimum atomic E-state index is -0.697. The first kappa shape index (κ1) is 25.9. The number of nitrogens with zero attached hydrogens (tertiary/aromatic N) is 1. The van der Waals surface area contributed by atoms with Gasteiger partial charge in [-0.2, -0.15) is 0 Å². The summed E-state index contributed by atoms with van der Waals surface area (Å²) in [6, 6.07) is 0.109. The molecule has 1 aliphatic heterocycles. The van der Waals surface area contributed by atoms with Crippen LogP contribution < -0.4 is 0 Å². The number of hydrogen-bond acceptors (Lipinski definition) is 8. The molecule has 5 aliphatic carbocycles. The van der Waals surface area contributed by atoms with Crippen LogP contribution in [0.5, 0.6) is 0 Å². The van der Waals surface area contributed by atoms with Crippen molar-refractivity contribution in [1.29, 1.82) is 0 Å². The number of rotatable bonds is 9. The Morgan fingerprint density at radius 3 is 2.25 bits per heavy atom. The maximum absolute atomic E-state index is 6.96. The van der Waals surface area contributed by atoms with E-state index in [0.717, 1.165) is 38.8 Å². The van der Waals surface area contributed by atoms with E-state index in [1.54, 1.807) is 0 Å². The second kappa shape index (κ2) is 8.59. The Morgan fingerprint density at radius 2 is 1.69 bits per heavy atom. The van der Waals surface area contributed by atoms with Crippen molar-refractivity contribution in [2.24, 2.45) is 34.5 Å². The summed E-state index contributed by atoms with van der Waals surface area (Å²) in [4.78, 5) is 2.69. The van der Waals surface area contributed by atoms with Gasteiger partial charge in [0.25, 0.3) is 0 Å². The molecule has 8 nitrogen and oxygen atoms in total. The Kier molecular flexibility index (Phi) is 6.19. The average molecular weight is 510 g/mol. The summed E-state index contributed by atoms with van der Waals surface area (Å²) in [5.41, 5.74) is -1.50. The summed E-state index contributed by atoms with van der Waals surface area (Å²) in [6.07, 6.45) is 3.96. The van der Waals surface area contributed by atoms with Gasteiger partial charge in [-0.15, -0.1) is 0 Å². The normalized spacial score (nSPS) is 56.8. The number of likely N-dealkylation sites (tertiary alicyclic amines) is 1. The molecule has 6 fully saturated rings. The number of methoxy groups -OCH3 is 7. The van der Waals surface area contributed by atoms with Gasteiger partial charge in [0.2, 0.25) is 0 Å². The lowest BCUT2D eigenvalue weighted by molar-refractivity contribution is -0.332. The molecule has 8 heteroatoms. The molecule has 0 radical (unpaired) electrons. The van der Waals surface area contributed by atoms with E-state index in [1.165, 1.54) is 0 Å². The van der Waals surface area contributed by atoms with Crippen LogP contribution in [0.3, 0.4) is 0 Å². The summed E-state index contributed by atoms with van der Waals surface area (Å²) < 4.78 is 45.6. The van der Waals surface area contributed by atoms with Crippen molar-refractivity contribution >= 4 is 0 Å². The van der Waals surface area contributed by atoms with Crippen LogP contribution in [0, 0.1) is 34.5 Å². The van der Waals surface area contributed by atoms with E-state index in [9.17, 15) is 0 Å². The summed E-state index contributed by atoms with van der Waals surface area (Å²) in [7, 11) is 13.1. The lowest BCUT2D eigenvalue weighted by Gasteiger charge is -2.71. The smallest absolute Gasteiger partial charge is 0.139 e. The maximum atomic E-state index is 6.96. The van der Waals surface area contributed by atoms with E-state index < -0.39 is 11.2 Å². The minimum Gasteiger partial charge on any atom is -0.384 e. The van der Waals surface area contributed by atoms with Crippen LogP contribution in [0.25, 0.3) is 0 Å². The number of hydrogen-bond donors (Lipinski definition) is 0. The van der Waals surface area contributed by atoms with Gasteiger partial charge in [0.05, 0.1) is 37.1 Å². The van der Waals surface area contributed by atoms with Crippen LogP contribution in [0.15, 0.2) is 0 Å². The fraction of sp³-hybridized carbons (Fsp3) is 1.00. The third-order valence-electron chi connectivity index (χ3n) is 12.4. The molecule has 6 aliphatic rings. The van der Waals surface area contributed by atoms with Crippen LogP contribution >= 0.6 is 0 Å². The van der Waals surface area contributed by atoms with Crippen molar-refractivity contribution < 1.29 is 33.2 Å².